The molecule has 0 aromatic carbocycles. The van der Waals surface area contributed by atoms with Gasteiger partial charge in [0.1, 0.15) is 0 Å². The predicted octanol–water partition coefficient (Wildman–Crippen LogP) is 5.63. The average Bonchev–Trinajstić information content (AvgIpc) is 2.57. The normalized spacial score (nSPS) is 15.5. The van der Waals surface area contributed by atoms with Crippen LogP contribution in [0.3, 0.4) is 0 Å². The summed E-state index contributed by atoms with van der Waals surface area (Å²) in [6.07, 6.45) is 9.61. The number of rotatable bonds is 17. The van der Waals surface area contributed by atoms with Gasteiger partial charge < -0.3 is 14.2 Å². The molecule has 0 saturated heterocycles. The second-order valence-electron chi connectivity index (χ2n) is 6.50. The molecule has 3 nitrogen and oxygen atoms in total. The van der Waals surface area contributed by atoms with E-state index in [1.54, 1.807) is 0 Å². The van der Waals surface area contributed by atoms with Crippen LogP contribution in [0.5, 0.6) is 0 Å². The van der Waals surface area contributed by atoms with Crippen LogP contribution in [-0.4, -0.2) is 32.7 Å². The van der Waals surface area contributed by atoms with E-state index in [1.807, 2.05) is 0 Å². The molecule has 0 aromatic rings. The van der Waals surface area contributed by atoms with Gasteiger partial charge in [-0.15, -0.1) is 0 Å². The van der Waals surface area contributed by atoms with Crippen LogP contribution in [-0.2, 0) is 14.2 Å². The molecule has 0 bridgehead atoms. The van der Waals surface area contributed by atoms with Crippen LogP contribution in [0.25, 0.3) is 0 Å². The van der Waals surface area contributed by atoms with Gasteiger partial charge in [-0.3, -0.25) is 0 Å². The van der Waals surface area contributed by atoms with Crippen LogP contribution < -0.4 is 0 Å². The van der Waals surface area contributed by atoms with Crippen molar-refractivity contribution in [3.63, 3.8) is 0 Å². The monoisotopic (exact) mass is 329 g/mol. The quantitative estimate of drug-likeness (QED) is 0.324. The Balaban J connectivity index is 4.04. The standard InChI is InChI=1S/C20H41O3/c1-6-11-13-18(8-3)15-21-17-20(22-10-5)23-16-19(9-4)14-12-7-2/h18-20H,5-17H2,1-4H3. The summed E-state index contributed by atoms with van der Waals surface area (Å²) >= 11 is 0. The molecule has 23 heavy (non-hydrogen) atoms. The van der Waals surface area contributed by atoms with E-state index >= 15 is 0 Å². The van der Waals surface area contributed by atoms with E-state index in [0.29, 0.717) is 25.0 Å². The minimum Gasteiger partial charge on any atom is -0.376 e. The van der Waals surface area contributed by atoms with Crippen molar-refractivity contribution in [3.8, 4) is 0 Å². The van der Waals surface area contributed by atoms with Crippen molar-refractivity contribution >= 4 is 0 Å². The lowest BCUT2D eigenvalue weighted by molar-refractivity contribution is -0.175. The maximum atomic E-state index is 5.94. The van der Waals surface area contributed by atoms with Crippen molar-refractivity contribution in [2.24, 2.45) is 11.8 Å². The second-order valence-corrected chi connectivity index (χ2v) is 6.50. The number of unbranched alkanes of at least 4 members (excludes halogenated alkanes) is 2. The van der Waals surface area contributed by atoms with Crippen LogP contribution in [0, 0.1) is 18.8 Å². The highest BCUT2D eigenvalue weighted by molar-refractivity contribution is 4.59. The van der Waals surface area contributed by atoms with E-state index in [1.165, 1.54) is 44.9 Å². The number of hydrogen-bond acceptors (Lipinski definition) is 3. The Morgan fingerprint density at radius 3 is 1.78 bits per heavy atom. The Bertz CT molecular complexity index is 233. The fourth-order valence-electron chi connectivity index (χ4n) is 2.65. The van der Waals surface area contributed by atoms with Crippen molar-refractivity contribution in [2.75, 3.05) is 26.4 Å². The van der Waals surface area contributed by atoms with E-state index in [9.17, 15) is 0 Å². The topological polar surface area (TPSA) is 27.7 Å². The molecule has 0 aliphatic rings. The van der Waals surface area contributed by atoms with Gasteiger partial charge in [0.05, 0.1) is 13.2 Å². The molecule has 1 radical (unpaired) electrons. The van der Waals surface area contributed by atoms with Crippen molar-refractivity contribution in [3.05, 3.63) is 6.92 Å². The molecule has 0 amide bonds. The van der Waals surface area contributed by atoms with Gasteiger partial charge in [-0.05, 0) is 31.6 Å². The minimum atomic E-state index is -0.271. The van der Waals surface area contributed by atoms with E-state index in [-0.39, 0.29) is 6.29 Å². The molecule has 0 saturated carbocycles. The Hall–Kier alpha value is -0.120. The van der Waals surface area contributed by atoms with E-state index in [4.69, 9.17) is 14.2 Å². The third-order valence-electron chi connectivity index (χ3n) is 4.52. The molecule has 0 heterocycles. The van der Waals surface area contributed by atoms with Gasteiger partial charge in [0.25, 0.3) is 0 Å². The van der Waals surface area contributed by atoms with Gasteiger partial charge in [0.15, 0.2) is 6.29 Å². The molecule has 0 N–H and O–H groups in total. The number of hydrogen-bond donors (Lipinski definition) is 0. The zero-order valence-electron chi connectivity index (χ0n) is 16.1. The van der Waals surface area contributed by atoms with Gasteiger partial charge in [0, 0.05) is 13.2 Å². The summed E-state index contributed by atoms with van der Waals surface area (Å²) in [6, 6.07) is 0. The average molecular weight is 330 g/mol. The highest BCUT2D eigenvalue weighted by Gasteiger charge is 2.14. The highest BCUT2D eigenvalue weighted by atomic mass is 16.7. The highest BCUT2D eigenvalue weighted by Crippen LogP contribution is 2.15. The van der Waals surface area contributed by atoms with Crippen molar-refractivity contribution in [1.82, 2.24) is 0 Å². The lowest BCUT2D eigenvalue weighted by Crippen LogP contribution is -2.27. The molecule has 3 heteroatoms. The summed E-state index contributed by atoms with van der Waals surface area (Å²) < 4.78 is 17.4. The molecule has 0 spiro atoms. The lowest BCUT2D eigenvalue weighted by atomic mass is 10.0. The minimum absolute atomic E-state index is 0.271. The Labute approximate surface area is 145 Å². The van der Waals surface area contributed by atoms with E-state index in [0.717, 1.165) is 19.6 Å². The first-order chi connectivity index (χ1) is 11.2. The smallest absolute Gasteiger partial charge is 0.180 e. The maximum Gasteiger partial charge on any atom is 0.180 e. The Kier molecular flexibility index (Phi) is 16.6. The molecule has 0 rings (SSSR count). The van der Waals surface area contributed by atoms with Crippen LogP contribution in [0.15, 0.2) is 0 Å². The van der Waals surface area contributed by atoms with Crippen LogP contribution in [0.2, 0.25) is 0 Å². The lowest BCUT2D eigenvalue weighted by Gasteiger charge is -2.23. The van der Waals surface area contributed by atoms with Crippen LogP contribution in [0.4, 0.5) is 0 Å². The van der Waals surface area contributed by atoms with E-state index in [2.05, 4.69) is 34.6 Å². The van der Waals surface area contributed by atoms with Gasteiger partial charge >= 0.3 is 0 Å². The van der Waals surface area contributed by atoms with E-state index < -0.39 is 0 Å². The summed E-state index contributed by atoms with van der Waals surface area (Å²) in [5.74, 6) is 1.28. The largest absolute Gasteiger partial charge is 0.376 e. The Morgan fingerprint density at radius 2 is 1.30 bits per heavy atom. The summed E-state index contributed by atoms with van der Waals surface area (Å²) in [7, 11) is 0. The predicted molar refractivity (Wildman–Crippen MR) is 98.5 cm³/mol. The zero-order valence-corrected chi connectivity index (χ0v) is 16.1. The molecule has 0 fully saturated rings. The first-order valence-corrected chi connectivity index (χ1v) is 9.81. The molecule has 3 atom stereocenters. The van der Waals surface area contributed by atoms with Gasteiger partial charge in [-0.25, -0.2) is 0 Å². The molecule has 0 aliphatic heterocycles. The molecular weight excluding hydrogens is 288 g/mol. The fraction of sp³-hybridized carbons (Fsp3) is 0.950. The first kappa shape index (κ1) is 22.9. The molecule has 139 valence electrons. The Morgan fingerprint density at radius 1 is 0.739 bits per heavy atom. The van der Waals surface area contributed by atoms with Crippen molar-refractivity contribution < 1.29 is 14.2 Å². The van der Waals surface area contributed by atoms with Crippen LogP contribution >= 0.6 is 0 Å². The summed E-state index contributed by atoms with van der Waals surface area (Å²) in [6.45, 7) is 15.2. The molecular formula is C20H41O3. The van der Waals surface area contributed by atoms with Crippen LogP contribution in [0.1, 0.15) is 79.1 Å². The summed E-state index contributed by atoms with van der Waals surface area (Å²) in [4.78, 5) is 0. The van der Waals surface area contributed by atoms with Gasteiger partial charge in [-0.1, -0.05) is 66.2 Å². The maximum absolute atomic E-state index is 5.94. The second kappa shape index (κ2) is 16.7. The van der Waals surface area contributed by atoms with Gasteiger partial charge in [0.2, 0.25) is 0 Å². The molecule has 3 unspecified atom stereocenters. The summed E-state index contributed by atoms with van der Waals surface area (Å²) in [5, 5.41) is 0. The fourth-order valence-corrected chi connectivity index (χ4v) is 2.65. The molecule has 0 aromatic heterocycles. The third-order valence-corrected chi connectivity index (χ3v) is 4.52. The number of ether oxygens (including phenoxy) is 3. The van der Waals surface area contributed by atoms with Gasteiger partial charge in [-0.2, -0.15) is 0 Å². The zero-order chi connectivity index (χ0) is 17.3. The SMILES string of the molecule is [CH2]COC(COCC(CC)CCCC)OCC(CC)CCCC. The third kappa shape index (κ3) is 12.9. The molecule has 0 aliphatic carbocycles. The van der Waals surface area contributed by atoms with Crippen molar-refractivity contribution in [2.45, 2.75) is 85.4 Å². The van der Waals surface area contributed by atoms with Crippen molar-refractivity contribution in [1.29, 1.82) is 0 Å². The first-order valence-electron chi connectivity index (χ1n) is 9.81. The summed E-state index contributed by atoms with van der Waals surface area (Å²) in [5.41, 5.74) is 0.